The molecule has 1 fully saturated rings. The smallest absolute Gasteiger partial charge is 0.167 e. The Balaban J connectivity index is 1.57. The van der Waals surface area contributed by atoms with E-state index in [-0.39, 0.29) is 12.6 Å². The van der Waals surface area contributed by atoms with Crippen molar-refractivity contribution in [2.24, 2.45) is 0 Å². The Bertz CT molecular complexity index is 982. The van der Waals surface area contributed by atoms with Gasteiger partial charge in [-0.3, -0.25) is 4.57 Å². The Morgan fingerprint density at radius 3 is 2.68 bits per heavy atom. The van der Waals surface area contributed by atoms with E-state index in [0.29, 0.717) is 23.6 Å². The summed E-state index contributed by atoms with van der Waals surface area (Å²) < 4.78 is 13.1. The van der Waals surface area contributed by atoms with Crippen molar-refractivity contribution in [1.82, 2.24) is 19.5 Å². The van der Waals surface area contributed by atoms with Gasteiger partial charge in [-0.05, 0) is 18.4 Å². The molecule has 3 heterocycles. The van der Waals surface area contributed by atoms with Crippen LogP contribution in [-0.2, 0) is 9.47 Å². The molecule has 9 heteroatoms. The van der Waals surface area contributed by atoms with Crippen LogP contribution in [0.4, 0.5) is 5.82 Å². The lowest BCUT2D eigenvalue weighted by Crippen LogP contribution is -2.33. The average Bonchev–Trinajstić information content (AvgIpc) is 3.35. The third-order valence-electron chi connectivity index (χ3n) is 5.52. The standard InChI is InChI=1S/C22H29N5O4/c1-3-10-30-11-16-18(28)19(29)22(31-16)27-13-25-17-20(23-12-24-21(17)27)26-15(4-2)14-8-6-5-7-9-14/h5-9,12-13,15-16,18-19,22,28-29H,3-4,10-11H2,1-2H3,(H,23,24,26)/t15-,16+,18-,19?,22+/m0/s1. The summed E-state index contributed by atoms with van der Waals surface area (Å²) in [5.74, 6) is 0.607. The number of hydrogen-bond donors (Lipinski definition) is 3. The summed E-state index contributed by atoms with van der Waals surface area (Å²) in [5, 5.41) is 24.4. The van der Waals surface area contributed by atoms with E-state index < -0.39 is 24.5 Å². The van der Waals surface area contributed by atoms with Crippen LogP contribution in [0.5, 0.6) is 0 Å². The second-order valence-corrected chi connectivity index (χ2v) is 7.68. The number of ether oxygens (including phenoxy) is 2. The molecule has 0 radical (unpaired) electrons. The second-order valence-electron chi connectivity index (χ2n) is 7.68. The molecule has 9 nitrogen and oxygen atoms in total. The highest BCUT2D eigenvalue weighted by molar-refractivity contribution is 5.83. The molecule has 1 aromatic carbocycles. The number of aromatic nitrogens is 4. The summed E-state index contributed by atoms with van der Waals surface area (Å²) in [7, 11) is 0. The van der Waals surface area contributed by atoms with Gasteiger partial charge in [-0.25, -0.2) is 15.0 Å². The van der Waals surface area contributed by atoms with Crippen molar-refractivity contribution in [3.05, 3.63) is 48.5 Å². The van der Waals surface area contributed by atoms with Crippen LogP contribution in [0, 0.1) is 0 Å². The van der Waals surface area contributed by atoms with E-state index in [4.69, 9.17) is 9.47 Å². The van der Waals surface area contributed by atoms with Crippen LogP contribution in [0.2, 0.25) is 0 Å². The quantitative estimate of drug-likeness (QED) is 0.446. The first-order chi connectivity index (χ1) is 15.1. The van der Waals surface area contributed by atoms with Crippen LogP contribution in [-0.4, -0.2) is 61.3 Å². The lowest BCUT2D eigenvalue weighted by molar-refractivity contribution is -0.0652. The Hall–Kier alpha value is -2.59. The van der Waals surface area contributed by atoms with E-state index in [2.05, 4.69) is 39.3 Å². The maximum absolute atomic E-state index is 10.6. The molecule has 5 atom stereocenters. The van der Waals surface area contributed by atoms with Crippen molar-refractivity contribution in [2.75, 3.05) is 18.5 Å². The molecular formula is C22H29N5O4. The molecule has 0 saturated carbocycles. The fraction of sp³-hybridized carbons (Fsp3) is 0.500. The molecule has 4 rings (SSSR count). The van der Waals surface area contributed by atoms with Crippen LogP contribution < -0.4 is 5.32 Å². The molecule has 0 aliphatic carbocycles. The number of nitrogens with one attached hydrogen (secondary N) is 1. The molecule has 0 spiro atoms. The maximum atomic E-state index is 10.6. The zero-order chi connectivity index (χ0) is 21.8. The van der Waals surface area contributed by atoms with E-state index in [0.717, 1.165) is 18.4 Å². The van der Waals surface area contributed by atoms with E-state index >= 15 is 0 Å². The maximum Gasteiger partial charge on any atom is 0.167 e. The highest BCUT2D eigenvalue weighted by Crippen LogP contribution is 2.33. The molecule has 3 N–H and O–H groups in total. The number of aliphatic hydroxyl groups excluding tert-OH is 2. The minimum absolute atomic E-state index is 0.0692. The van der Waals surface area contributed by atoms with Crippen LogP contribution in [0.1, 0.15) is 44.5 Å². The lowest BCUT2D eigenvalue weighted by Gasteiger charge is -2.19. The Morgan fingerprint density at radius 1 is 1.13 bits per heavy atom. The van der Waals surface area contributed by atoms with Crippen LogP contribution in [0.3, 0.4) is 0 Å². The number of nitrogens with zero attached hydrogens (tertiary/aromatic N) is 4. The van der Waals surface area contributed by atoms with Gasteiger partial charge >= 0.3 is 0 Å². The Morgan fingerprint density at radius 2 is 1.94 bits per heavy atom. The second kappa shape index (κ2) is 9.69. The first kappa shape index (κ1) is 21.6. The molecule has 0 amide bonds. The first-order valence-electron chi connectivity index (χ1n) is 10.7. The lowest BCUT2D eigenvalue weighted by atomic mass is 10.0. The predicted molar refractivity (Wildman–Crippen MR) is 115 cm³/mol. The van der Waals surface area contributed by atoms with Gasteiger partial charge in [0.25, 0.3) is 0 Å². The van der Waals surface area contributed by atoms with Crippen LogP contribution in [0.25, 0.3) is 11.2 Å². The minimum Gasteiger partial charge on any atom is -0.387 e. The molecule has 2 aromatic heterocycles. The SMILES string of the molecule is CCCOC[C@H]1O[C@@H](n2cnc3c(N[C@@H](CC)c4ccccc4)ncnc32)C(O)[C@H]1O. The van der Waals surface area contributed by atoms with E-state index in [9.17, 15) is 10.2 Å². The Labute approximate surface area is 181 Å². The van der Waals surface area contributed by atoms with Gasteiger partial charge in [-0.15, -0.1) is 0 Å². The number of imidazole rings is 1. The molecule has 166 valence electrons. The third kappa shape index (κ3) is 4.40. The van der Waals surface area contributed by atoms with Gasteiger partial charge in [0, 0.05) is 6.61 Å². The summed E-state index contributed by atoms with van der Waals surface area (Å²) in [5.41, 5.74) is 2.25. The molecule has 1 unspecified atom stereocenters. The summed E-state index contributed by atoms with van der Waals surface area (Å²) in [6, 6.07) is 10.2. The van der Waals surface area contributed by atoms with Crippen molar-refractivity contribution in [3.8, 4) is 0 Å². The number of fused-ring (bicyclic) bond motifs is 1. The van der Waals surface area contributed by atoms with Gasteiger partial charge in [0.2, 0.25) is 0 Å². The topological polar surface area (TPSA) is 115 Å². The highest BCUT2D eigenvalue weighted by Gasteiger charge is 2.44. The number of anilines is 1. The number of rotatable bonds is 9. The molecule has 31 heavy (non-hydrogen) atoms. The summed E-state index contributed by atoms with van der Waals surface area (Å²) in [4.78, 5) is 13.2. The zero-order valence-corrected chi connectivity index (χ0v) is 17.8. The number of hydrogen-bond acceptors (Lipinski definition) is 8. The number of benzene rings is 1. The van der Waals surface area contributed by atoms with E-state index in [1.54, 1.807) is 10.9 Å². The van der Waals surface area contributed by atoms with Crippen molar-refractivity contribution >= 4 is 17.0 Å². The summed E-state index contributed by atoms with van der Waals surface area (Å²) in [6.07, 6.45) is 1.15. The van der Waals surface area contributed by atoms with Crippen LogP contribution >= 0.6 is 0 Å². The third-order valence-corrected chi connectivity index (χ3v) is 5.52. The van der Waals surface area contributed by atoms with Gasteiger partial charge in [0.1, 0.15) is 24.6 Å². The molecular weight excluding hydrogens is 398 g/mol. The fourth-order valence-electron chi connectivity index (χ4n) is 3.86. The molecule has 1 aliphatic rings. The molecule has 3 aromatic rings. The van der Waals surface area contributed by atoms with E-state index in [1.807, 2.05) is 25.1 Å². The monoisotopic (exact) mass is 427 g/mol. The molecule has 1 aliphatic heterocycles. The summed E-state index contributed by atoms with van der Waals surface area (Å²) >= 11 is 0. The Kier molecular flexibility index (Phi) is 6.77. The minimum atomic E-state index is -1.12. The van der Waals surface area contributed by atoms with Gasteiger partial charge < -0.3 is 25.0 Å². The fourth-order valence-corrected chi connectivity index (χ4v) is 3.86. The van der Waals surface area contributed by atoms with Gasteiger partial charge in [0.15, 0.2) is 23.2 Å². The summed E-state index contributed by atoms with van der Waals surface area (Å²) in [6.45, 7) is 4.90. The first-order valence-corrected chi connectivity index (χ1v) is 10.7. The normalized spacial score (nSPS) is 24.5. The predicted octanol–water partition coefficient (Wildman–Crippen LogP) is 2.44. The van der Waals surface area contributed by atoms with Crippen molar-refractivity contribution in [1.29, 1.82) is 0 Å². The molecule has 1 saturated heterocycles. The largest absolute Gasteiger partial charge is 0.387 e. The van der Waals surface area contributed by atoms with Gasteiger partial charge in [0.05, 0.1) is 19.0 Å². The number of aliphatic hydroxyl groups is 2. The van der Waals surface area contributed by atoms with Crippen molar-refractivity contribution < 1.29 is 19.7 Å². The van der Waals surface area contributed by atoms with Crippen molar-refractivity contribution in [2.45, 2.75) is 57.3 Å². The zero-order valence-electron chi connectivity index (χ0n) is 17.8. The highest BCUT2D eigenvalue weighted by atomic mass is 16.6. The van der Waals surface area contributed by atoms with Crippen molar-refractivity contribution in [3.63, 3.8) is 0 Å². The average molecular weight is 428 g/mol. The molecule has 0 bridgehead atoms. The van der Waals surface area contributed by atoms with Gasteiger partial charge in [-0.2, -0.15) is 0 Å². The van der Waals surface area contributed by atoms with Gasteiger partial charge in [-0.1, -0.05) is 44.2 Å². The van der Waals surface area contributed by atoms with E-state index in [1.165, 1.54) is 6.33 Å². The van der Waals surface area contributed by atoms with Crippen LogP contribution in [0.15, 0.2) is 43.0 Å².